The van der Waals surface area contributed by atoms with Gasteiger partial charge in [0.15, 0.2) is 0 Å². The molecule has 0 radical (unpaired) electrons. The van der Waals surface area contributed by atoms with Gasteiger partial charge in [-0.3, -0.25) is 19.9 Å². The third-order valence-corrected chi connectivity index (χ3v) is 5.07. The molecule has 1 fully saturated rings. The molecular weight excluding hydrogens is 368 g/mol. The summed E-state index contributed by atoms with van der Waals surface area (Å²) in [6.45, 7) is 7.79. The fraction of sp³-hybridized carbons (Fsp3) is 0.579. The van der Waals surface area contributed by atoms with Crippen molar-refractivity contribution in [1.29, 1.82) is 0 Å². The molecule has 1 saturated heterocycles. The number of urea groups is 1. The first-order chi connectivity index (χ1) is 12.9. The van der Waals surface area contributed by atoms with Gasteiger partial charge in [-0.25, -0.2) is 4.79 Å². The summed E-state index contributed by atoms with van der Waals surface area (Å²) in [7, 11) is 1.56. The number of amides is 3. The van der Waals surface area contributed by atoms with Gasteiger partial charge in [0.2, 0.25) is 5.91 Å². The van der Waals surface area contributed by atoms with E-state index in [0.717, 1.165) is 36.8 Å². The monoisotopic (exact) mass is 396 g/mol. The summed E-state index contributed by atoms with van der Waals surface area (Å²) < 4.78 is 4.95. The van der Waals surface area contributed by atoms with Crippen molar-refractivity contribution in [2.75, 3.05) is 46.4 Å². The number of rotatable bonds is 7. The minimum absolute atomic E-state index is 0.155. The maximum absolute atomic E-state index is 12.1. The highest BCUT2D eigenvalue weighted by molar-refractivity contribution is 6.31. The fourth-order valence-electron chi connectivity index (χ4n) is 3.24. The number of piperazine rings is 1. The predicted octanol–water partition coefficient (Wildman–Crippen LogP) is 1.88. The van der Waals surface area contributed by atoms with E-state index < -0.39 is 6.03 Å². The summed E-state index contributed by atoms with van der Waals surface area (Å²) in [4.78, 5) is 28.2. The zero-order valence-electron chi connectivity index (χ0n) is 16.2. The van der Waals surface area contributed by atoms with E-state index in [1.807, 2.05) is 25.1 Å². The largest absolute Gasteiger partial charge is 0.383 e. The number of ether oxygens (including phenoxy) is 1. The molecule has 150 valence electrons. The quantitative estimate of drug-likeness (QED) is 0.736. The summed E-state index contributed by atoms with van der Waals surface area (Å²) in [5.74, 6) is -0.301. The van der Waals surface area contributed by atoms with E-state index in [1.165, 1.54) is 0 Å². The third-order valence-electron chi connectivity index (χ3n) is 4.72. The Balaban J connectivity index is 1.75. The normalized spacial score (nSPS) is 17.9. The zero-order chi connectivity index (χ0) is 19.8. The van der Waals surface area contributed by atoms with Gasteiger partial charge in [0.1, 0.15) is 0 Å². The summed E-state index contributed by atoms with van der Waals surface area (Å²) >= 11 is 6.30. The highest BCUT2D eigenvalue weighted by Gasteiger charge is 2.24. The van der Waals surface area contributed by atoms with Gasteiger partial charge in [-0.05, 0) is 25.5 Å². The van der Waals surface area contributed by atoms with E-state index in [9.17, 15) is 9.59 Å². The number of nitrogens with one attached hydrogen (secondary N) is 2. The smallest absolute Gasteiger partial charge is 0.321 e. The number of nitrogens with zero attached hydrogens (tertiary/aromatic N) is 2. The Kier molecular flexibility index (Phi) is 8.50. The lowest BCUT2D eigenvalue weighted by molar-refractivity contribution is -0.121. The maximum atomic E-state index is 12.1. The molecule has 3 amide bonds. The lowest BCUT2D eigenvalue weighted by atomic mass is 10.1. The van der Waals surface area contributed by atoms with Crippen molar-refractivity contribution in [2.24, 2.45) is 0 Å². The Labute approximate surface area is 166 Å². The highest BCUT2D eigenvalue weighted by atomic mass is 35.5. The second kappa shape index (κ2) is 10.6. The molecule has 2 N–H and O–H groups in total. The molecule has 0 saturated carbocycles. The molecule has 2 rings (SSSR count). The van der Waals surface area contributed by atoms with E-state index in [0.29, 0.717) is 6.61 Å². The summed E-state index contributed by atoms with van der Waals surface area (Å²) in [5.41, 5.74) is 1.12. The third kappa shape index (κ3) is 6.77. The molecule has 8 heteroatoms. The Morgan fingerprint density at radius 1 is 1.19 bits per heavy atom. The number of hydrogen-bond donors (Lipinski definition) is 2. The molecule has 27 heavy (non-hydrogen) atoms. The number of imide groups is 1. The van der Waals surface area contributed by atoms with Gasteiger partial charge in [-0.2, -0.15) is 0 Å². The van der Waals surface area contributed by atoms with Crippen LogP contribution in [0.15, 0.2) is 24.3 Å². The Hall–Kier alpha value is -1.67. The van der Waals surface area contributed by atoms with Crippen LogP contribution in [0.1, 0.15) is 25.5 Å². The molecule has 2 atom stereocenters. The van der Waals surface area contributed by atoms with E-state index >= 15 is 0 Å². The summed E-state index contributed by atoms with van der Waals surface area (Å²) in [5, 5.41) is 5.80. The summed E-state index contributed by atoms with van der Waals surface area (Å²) in [6.07, 6.45) is 0. The first-order valence-corrected chi connectivity index (χ1v) is 9.58. The number of benzene rings is 1. The lowest BCUT2D eigenvalue weighted by Gasteiger charge is -2.38. The predicted molar refractivity (Wildman–Crippen MR) is 106 cm³/mol. The van der Waals surface area contributed by atoms with Crippen LogP contribution >= 0.6 is 11.6 Å². The number of carbonyl (C=O) groups excluding carboxylic acids is 2. The van der Waals surface area contributed by atoms with Crippen molar-refractivity contribution in [3.05, 3.63) is 34.9 Å². The highest BCUT2D eigenvalue weighted by Crippen LogP contribution is 2.27. The van der Waals surface area contributed by atoms with Crippen molar-refractivity contribution in [2.45, 2.75) is 25.9 Å². The van der Waals surface area contributed by atoms with Gasteiger partial charge in [0.05, 0.1) is 19.2 Å². The topological polar surface area (TPSA) is 73.9 Å². The molecule has 0 bridgehead atoms. The van der Waals surface area contributed by atoms with Crippen LogP contribution in [-0.4, -0.2) is 74.2 Å². The zero-order valence-corrected chi connectivity index (χ0v) is 17.0. The van der Waals surface area contributed by atoms with Crippen LogP contribution in [0, 0.1) is 0 Å². The van der Waals surface area contributed by atoms with Crippen molar-refractivity contribution in [3.8, 4) is 0 Å². The van der Waals surface area contributed by atoms with E-state index in [2.05, 4.69) is 33.4 Å². The molecule has 1 aromatic rings. The van der Waals surface area contributed by atoms with Crippen LogP contribution in [0.4, 0.5) is 4.79 Å². The molecule has 1 heterocycles. The molecule has 1 aliphatic heterocycles. The lowest BCUT2D eigenvalue weighted by Crippen LogP contribution is -2.52. The average Bonchev–Trinajstić information content (AvgIpc) is 2.62. The number of methoxy groups -OCH3 is 1. The Morgan fingerprint density at radius 2 is 1.85 bits per heavy atom. The van der Waals surface area contributed by atoms with Gasteiger partial charge in [-0.1, -0.05) is 29.8 Å². The van der Waals surface area contributed by atoms with Gasteiger partial charge in [0.25, 0.3) is 0 Å². The maximum Gasteiger partial charge on any atom is 0.321 e. The number of halogens is 1. The molecule has 1 aliphatic rings. The molecule has 2 unspecified atom stereocenters. The number of carbonyl (C=O) groups is 2. The van der Waals surface area contributed by atoms with Crippen LogP contribution in [0.3, 0.4) is 0 Å². The van der Waals surface area contributed by atoms with E-state index in [1.54, 1.807) is 7.11 Å². The van der Waals surface area contributed by atoms with Gasteiger partial charge >= 0.3 is 6.03 Å². The van der Waals surface area contributed by atoms with E-state index in [4.69, 9.17) is 16.3 Å². The van der Waals surface area contributed by atoms with Crippen molar-refractivity contribution < 1.29 is 14.3 Å². The number of hydrogen-bond acceptors (Lipinski definition) is 5. The van der Waals surface area contributed by atoms with Crippen molar-refractivity contribution in [3.63, 3.8) is 0 Å². The molecule has 1 aromatic carbocycles. The Morgan fingerprint density at radius 3 is 2.48 bits per heavy atom. The second-order valence-corrected chi connectivity index (χ2v) is 7.29. The Bertz CT molecular complexity index is 635. The van der Waals surface area contributed by atoms with Gasteiger partial charge in [0, 0.05) is 44.4 Å². The molecule has 7 nitrogen and oxygen atoms in total. The molecule has 0 spiro atoms. The van der Waals surface area contributed by atoms with Gasteiger partial charge < -0.3 is 10.1 Å². The second-order valence-electron chi connectivity index (χ2n) is 6.89. The minimum atomic E-state index is -0.490. The van der Waals surface area contributed by atoms with Crippen LogP contribution in [0.2, 0.25) is 5.02 Å². The fourth-order valence-corrected chi connectivity index (χ4v) is 3.53. The van der Waals surface area contributed by atoms with Gasteiger partial charge in [-0.15, -0.1) is 0 Å². The first kappa shape index (κ1) is 21.6. The SMILES string of the molecule is COCC(C)NC(=O)NC(=O)CN1CCN(C(C)c2ccccc2Cl)CC1. The molecule has 0 aromatic heterocycles. The van der Waals surface area contributed by atoms with Crippen LogP contribution in [0.5, 0.6) is 0 Å². The van der Waals surface area contributed by atoms with Crippen molar-refractivity contribution in [1.82, 2.24) is 20.4 Å². The van der Waals surface area contributed by atoms with Crippen LogP contribution < -0.4 is 10.6 Å². The molecular formula is C19H29ClN4O3. The van der Waals surface area contributed by atoms with Crippen LogP contribution in [0.25, 0.3) is 0 Å². The van der Waals surface area contributed by atoms with Crippen LogP contribution in [-0.2, 0) is 9.53 Å². The molecule has 0 aliphatic carbocycles. The summed E-state index contributed by atoms with van der Waals surface area (Å²) in [6, 6.07) is 7.47. The standard InChI is InChI=1S/C19H29ClN4O3/c1-14(13-27-3)21-19(26)22-18(25)12-23-8-10-24(11-9-23)15(2)16-6-4-5-7-17(16)20/h4-7,14-15H,8-13H2,1-3H3,(H2,21,22,25,26). The minimum Gasteiger partial charge on any atom is -0.383 e. The average molecular weight is 397 g/mol. The first-order valence-electron chi connectivity index (χ1n) is 9.20. The van der Waals surface area contributed by atoms with Crippen molar-refractivity contribution >= 4 is 23.5 Å². The van der Waals surface area contributed by atoms with E-state index in [-0.39, 0.29) is 24.5 Å².